The first-order chi connectivity index (χ1) is 9.34. The van der Waals surface area contributed by atoms with Gasteiger partial charge in [-0.3, -0.25) is 4.79 Å². The molecule has 0 radical (unpaired) electrons. The van der Waals surface area contributed by atoms with E-state index in [0.717, 1.165) is 31.4 Å². The van der Waals surface area contributed by atoms with E-state index in [1.807, 2.05) is 17.8 Å². The van der Waals surface area contributed by atoms with Gasteiger partial charge in [-0.2, -0.15) is 11.8 Å². The molecule has 0 saturated carbocycles. The second-order valence-electron chi connectivity index (χ2n) is 5.23. The van der Waals surface area contributed by atoms with Gasteiger partial charge in [0.2, 0.25) is 5.91 Å². The van der Waals surface area contributed by atoms with Gasteiger partial charge in [-0.05, 0) is 41.9 Å². The molecule has 2 N–H and O–H groups in total. The Morgan fingerprint density at radius 2 is 2.05 bits per heavy atom. The van der Waals surface area contributed by atoms with Crippen LogP contribution < -0.4 is 10.6 Å². The third-order valence-corrected chi connectivity index (χ3v) is 4.99. The summed E-state index contributed by atoms with van der Waals surface area (Å²) in [7, 11) is 0. The lowest BCUT2D eigenvalue weighted by Crippen LogP contribution is -2.46. The smallest absolute Gasteiger partial charge is 0.241 e. The van der Waals surface area contributed by atoms with E-state index in [1.165, 1.54) is 17.1 Å². The highest BCUT2D eigenvalue weighted by Crippen LogP contribution is 2.24. The molecule has 1 aromatic rings. The largest absolute Gasteiger partial charge is 0.352 e. The Hall–Kier alpha value is -1.00. The van der Waals surface area contributed by atoms with Gasteiger partial charge in [-0.1, -0.05) is 24.3 Å². The van der Waals surface area contributed by atoms with Gasteiger partial charge in [-0.25, -0.2) is 0 Å². The van der Waals surface area contributed by atoms with Crippen molar-refractivity contribution < 1.29 is 4.79 Å². The lowest BCUT2D eigenvalue weighted by atomic mass is 9.93. The highest BCUT2D eigenvalue weighted by atomic mass is 32.2. The van der Waals surface area contributed by atoms with E-state index in [2.05, 4.69) is 28.8 Å². The minimum absolute atomic E-state index is 0.143. The number of nitrogens with one attached hydrogen (secondary N) is 2. The van der Waals surface area contributed by atoms with Crippen molar-refractivity contribution in [3.63, 3.8) is 0 Å². The van der Waals surface area contributed by atoms with Crippen molar-refractivity contribution in [1.82, 2.24) is 10.6 Å². The Labute approximate surface area is 118 Å². The Kier molecular flexibility index (Phi) is 4.09. The van der Waals surface area contributed by atoms with Gasteiger partial charge in [0.15, 0.2) is 0 Å². The summed E-state index contributed by atoms with van der Waals surface area (Å²) in [4.78, 5) is 12.4. The SMILES string of the molecule is O=C(NC1CCSCC1)C1NCCc2ccccc21. The first kappa shape index (κ1) is 13.0. The fourth-order valence-electron chi connectivity index (χ4n) is 2.86. The molecule has 19 heavy (non-hydrogen) atoms. The van der Waals surface area contributed by atoms with Crippen molar-refractivity contribution in [2.45, 2.75) is 31.3 Å². The number of thioether (sulfide) groups is 1. The Morgan fingerprint density at radius 1 is 1.26 bits per heavy atom. The van der Waals surface area contributed by atoms with Crippen LogP contribution in [0.2, 0.25) is 0 Å². The molecule has 0 aliphatic carbocycles. The molecule has 4 heteroatoms. The average Bonchev–Trinajstić information content (AvgIpc) is 2.47. The van der Waals surface area contributed by atoms with E-state index in [-0.39, 0.29) is 11.9 Å². The summed E-state index contributed by atoms with van der Waals surface area (Å²) in [6.07, 6.45) is 3.22. The fourth-order valence-corrected chi connectivity index (χ4v) is 3.97. The maximum atomic E-state index is 12.4. The van der Waals surface area contributed by atoms with Gasteiger partial charge >= 0.3 is 0 Å². The molecule has 0 aromatic heterocycles. The second-order valence-corrected chi connectivity index (χ2v) is 6.46. The minimum atomic E-state index is -0.167. The quantitative estimate of drug-likeness (QED) is 0.866. The molecule has 3 rings (SSSR count). The van der Waals surface area contributed by atoms with Crippen LogP contribution in [0.25, 0.3) is 0 Å². The van der Waals surface area contributed by atoms with Crippen molar-refractivity contribution in [3.8, 4) is 0 Å². The maximum absolute atomic E-state index is 12.4. The first-order valence-corrected chi connectivity index (χ1v) is 8.19. The molecule has 1 saturated heterocycles. The second kappa shape index (κ2) is 5.97. The molecular formula is C15H20N2OS. The molecule has 2 aliphatic rings. The molecule has 1 aromatic carbocycles. The summed E-state index contributed by atoms with van der Waals surface area (Å²) in [5.74, 6) is 2.48. The van der Waals surface area contributed by atoms with Crippen molar-refractivity contribution >= 4 is 17.7 Å². The zero-order valence-corrected chi connectivity index (χ0v) is 11.8. The molecule has 0 bridgehead atoms. The van der Waals surface area contributed by atoms with E-state index in [9.17, 15) is 4.79 Å². The molecule has 2 aliphatic heterocycles. The number of carbonyl (C=O) groups is 1. The summed E-state index contributed by atoms with van der Waals surface area (Å²) in [5.41, 5.74) is 2.46. The van der Waals surface area contributed by atoms with Crippen LogP contribution in [0.15, 0.2) is 24.3 Å². The van der Waals surface area contributed by atoms with Crippen molar-refractivity contribution in [1.29, 1.82) is 0 Å². The van der Waals surface area contributed by atoms with E-state index in [4.69, 9.17) is 0 Å². The predicted molar refractivity (Wildman–Crippen MR) is 79.4 cm³/mol. The summed E-state index contributed by atoms with van der Waals surface area (Å²) < 4.78 is 0. The van der Waals surface area contributed by atoms with Crippen molar-refractivity contribution in [2.75, 3.05) is 18.1 Å². The normalized spacial score (nSPS) is 23.7. The molecule has 0 spiro atoms. The Bertz CT molecular complexity index is 457. The van der Waals surface area contributed by atoms with Crippen LogP contribution in [0.4, 0.5) is 0 Å². The van der Waals surface area contributed by atoms with Crippen LogP contribution in [0.5, 0.6) is 0 Å². The number of carbonyl (C=O) groups excluding carboxylic acids is 1. The van der Waals surface area contributed by atoms with Crippen LogP contribution in [-0.4, -0.2) is 30.0 Å². The van der Waals surface area contributed by atoms with Crippen LogP contribution in [0.1, 0.15) is 30.0 Å². The summed E-state index contributed by atoms with van der Waals surface area (Å²) in [6.45, 7) is 0.885. The number of benzene rings is 1. The topological polar surface area (TPSA) is 41.1 Å². The highest BCUT2D eigenvalue weighted by Gasteiger charge is 2.27. The van der Waals surface area contributed by atoms with Gasteiger partial charge < -0.3 is 10.6 Å². The van der Waals surface area contributed by atoms with Crippen molar-refractivity contribution in [2.24, 2.45) is 0 Å². The third kappa shape index (κ3) is 2.95. The number of hydrogen-bond acceptors (Lipinski definition) is 3. The number of amides is 1. The summed E-state index contributed by atoms with van der Waals surface area (Å²) >= 11 is 1.98. The molecule has 2 heterocycles. The first-order valence-electron chi connectivity index (χ1n) is 7.04. The molecule has 1 atom stereocenters. The van der Waals surface area contributed by atoms with Gasteiger partial charge in [0.05, 0.1) is 0 Å². The number of rotatable bonds is 2. The van der Waals surface area contributed by atoms with Gasteiger partial charge in [0, 0.05) is 12.6 Å². The van der Waals surface area contributed by atoms with E-state index >= 15 is 0 Å². The lowest BCUT2D eigenvalue weighted by molar-refractivity contribution is -0.124. The van der Waals surface area contributed by atoms with E-state index in [0.29, 0.717) is 6.04 Å². The summed E-state index contributed by atoms with van der Waals surface area (Å²) in [6, 6.07) is 8.47. The maximum Gasteiger partial charge on any atom is 0.241 e. The standard InChI is InChI=1S/C15H20N2OS/c18-15(17-12-6-9-19-10-7-12)14-13-4-2-1-3-11(13)5-8-16-14/h1-4,12,14,16H,5-10H2,(H,17,18). The van der Waals surface area contributed by atoms with Crippen LogP contribution in [0, 0.1) is 0 Å². The predicted octanol–water partition coefficient (Wildman–Crippen LogP) is 1.89. The van der Waals surface area contributed by atoms with E-state index < -0.39 is 0 Å². The molecule has 1 fully saturated rings. The highest BCUT2D eigenvalue weighted by molar-refractivity contribution is 7.99. The van der Waals surface area contributed by atoms with E-state index in [1.54, 1.807) is 0 Å². The number of fused-ring (bicyclic) bond motifs is 1. The minimum Gasteiger partial charge on any atom is -0.352 e. The van der Waals surface area contributed by atoms with Crippen LogP contribution in [-0.2, 0) is 11.2 Å². The molecule has 1 amide bonds. The molecule has 3 nitrogen and oxygen atoms in total. The van der Waals surface area contributed by atoms with Crippen LogP contribution in [0.3, 0.4) is 0 Å². The summed E-state index contributed by atoms with van der Waals surface area (Å²) in [5, 5.41) is 6.56. The van der Waals surface area contributed by atoms with Gasteiger partial charge in [-0.15, -0.1) is 0 Å². The van der Waals surface area contributed by atoms with Gasteiger partial charge in [0.25, 0.3) is 0 Å². The zero-order valence-electron chi connectivity index (χ0n) is 11.0. The van der Waals surface area contributed by atoms with Gasteiger partial charge in [0.1, 0.15) is 6.04 Å². The monoisotopic (exact) mass is 276 g/mol. The van der Waals surface area contributed by atoms with Crippen molar-refractivity contribution in [3.05, 3.63) is 35.4 Å². The molecule has 102 valence electrons. The molecule has 1 unspecified atom stereocenters. The van der Waals surface area contributed by atoms with Crippen LogP contribution >= 0.6 is 11.8 Å². The lowest BCUT2D eigenvalue weighted by Gasteiger charge is -2.29. The zero-order chi connectivity index (χ0) is 13.1. The Morgan fingerprint density at radius 3 is 2.89 bits per heavy atom. The Balaban J connectivity index is 1.70. The third-order valence-electron chi connectivity index (χ3n) is 3.94. The average molecular weight is 276 g/mol. The fraction of sp³-hybridized carbons (Fsp3) is 0.533. The molecular weight excluding hydrogens is 256 g/mol. The number of hydrogen-bond donors (Lipinski definition) is 2.